The number of rotatable bonds is 3. The number of hydrogen-bond donors (Lipinski definition) is 0. The zero-order chi connectivity index (χ0) is 11.5. The molecule has 1 rings (SSSR count). The lowest BCUT2D eigenvalue weighted by molar-refractivity contribution is -0.156. The van der Waals surface area contributed by atoms with Crippen LogP contribution in [-0.4, -0.2) is 11.6 Å². The second-order valence-electron chi connectivity index (χ2n) is 5.90. The molecule has 0 N–H and O–H groups in total. The van der Waals surface area contributed by atoms with Crippen LogP contribution in [0.25, 0.3) is 0 Å². The monoisotopic (exact) mass is 212 g/mol. The van der Waals surface area contributed by atoms with Crippen LogP contribution in [0.3, 0.4) is 0 Å². The van der Waals surface area contributed by atoms with E-state index in [0.29, 0.717) is 5.41 Å². The Morgan fingerprint density at radius 1 is 1.27 bits per heavy atom. The Kier molecular flexibility index (Phi) is 3.80. The second kappa shape index (κ2) is 4.54. The highest BCUT2D eigenvalue weighted by atomic mass is 16.6. The molecule has 0 aliphatic heterocycles. The predicted octanol–water partition coefficient (Wildman–Crippen LogP) is 3.69. The highest BCUT2D eigenvalue weighted by molar-refractivity contribution is 5.66. The van der Waals surface area contributed by atoms with Gasteiger partial charge in [-0.3, -0.25) is 4.79 Å². The largest absolute Gasteiger partial charge is 0.460 e. The molecule has 1 saturated carbocycles. The van der Waals surface area contributed by atoms with Crippen LogP contribution < -0.4 is 0 Å². The zero-order valence-electron chi connectivity index (χ0n) is 10.6. The van der Waals surface area contributed by atoms with Gasteiger partial charge in [0.25, 0.3) is 0 Å². The molecule has 1 fully saturated rings. The number of carbonyl (C=O) groups is 1. The van der Waals surface area contributed by atoms with Gasteiger partial charge in [0.1, 0.15) is 5.60 Å². The lowest BCUT2D eigenvalue weighted by Crippen LogP contribution is -2.35. The van der Waals surface area contributed by atoms with E-state index < -0.39 is 0 Å². The normalized spacial score (nSPS) is 21.1. The molecule has 15 heavy (non-hydrogen) atoms. The minimum absolute atomic E-state index is 0.167. The lowest BCUT2D eigenvalue weighted by Gasteiger charge is -2.39. The quantitative estimate of drug-likeness (QED) is 0.667. The van der Waals surface area contributed by atoms with E-state index in [1.165, 1.54) is 39.0 Å². The summed E-state index contributed by atoms with van der Waals surface area (Å²) in [7, 11) is 0. The van der Waals surface area contributed by atoms with Gasteiger partial charge in [-0.2, -0.15) is 0 Å². The molecule has 2 nitrogen and oxygen atoms in total. The van der Waals surface area contributed by atoms with Crippen LogP contribution in [0.5, 0.6) is 0 Å². The number of ether oxygens (including phenoxy) is 1. The molecule has 0 unspecified atom stereocenters. The first-order chi connectivity index (χ1) is 6.83. The minimum atomic E-state index is -0.308. The summed E-state index contributed by atoms with van der Waals surface area (Å²) in [6.07, 6.45) is 7.55. The SMILES string of the molecule is CC(=O)OC(C)(C)CC1(C)CCCCC1. The van der Waals surface area contributed by atoms with Crippen LogP contribution in [0.15, 0.2) is 0 Å². The van der Waals surface area contributed by atoms with Gasteiger partial charge in [0.05, 0.1) is 0 Å². The third-order valence-corrected chi connectivity index (χ3v) is 3.33. The molecule has 0 aromatic rings. The Morgan fingerprint density at radius 2 is 1.80 bits per heavy atom. The van der Waals surface area contributed by atoms with E-state index in [0.717, 1.165) is 6.42 Å². The van der Waals surface area contributed by atoms with Crippen molar-refractivity contribution in [1.29, 1.82) is 0 Å². The van der Waals surface area contributed by atoms with Gasteiger partial charge in [0.15, 0.2) is 0 Å². The van der Waals surface area contributed by atoms with Crippen molar-refractivity contribution >= 4 is 5.97 Å². The zero-order valence-corrected chi connectivity index (χ0v) is 10.6. The van der Waals surface area contributed by atoms with Crippen molar-refractivity contribution in [2.24, 2.45) is 5.41 Å². The predicted molar refractivity (Wildman–Crippen MR) is 61.7 cm³/mol. The lowest BCUT2D eigenvalue weighted by atomic mass is 9.70. The fraction of sp³-hybridized carbons (Fsp3) is 0.923. The Balaban J connectivity index is 2.54. The van der Waals surface area contributed by atoms with Gasteiger partial charge in [-0.05, 0) is 38.5 Å². The van der Waals surface area contributed by atoms with Crippen LogP contribution in [0.1, 0.15) is 66.2 Å². The van der Waals surface area contributed by atoms with Gasteiger partial charge >= 0.3 is 5.97 Å². The Bertz CT molecular complexity index is 225. The summed E-state index contributed by atoms with van der Waals surface area (Å²) in [5, 5.41) is 0. The molecule has 0 amide bonds. The highest BCUT2D eigenvalue weighted by Crippen LogP contribution is 2.42. The maximum Gasteiger partial charge on any atom is 0.303 e. The first-order valence-corrected chi connectivity index (χ1v) is 6.03. The van der Waals surface area contributed by atoms with E-state index in [-0.39, 0.29) is 11.6 Å². The Hall–Kier alpha value is -0.530. The first kappa shape index (κ1) is 12.5. The van der Waals surface area contributed by atoms with E-state index in [4.69, 9.17) is 4.74 Å². The molecule has 0 saturated heterocycles. The van der Waals surface area contributed by atoms with Gasteiger partial charge in [0.2, 0.25) is 0 Å². The van der Waals surface area contributed by atoms with E-state index in [2.05, 4.69) is 6.92 Å². The van der Waals surface area contributed by atoms with E-state index in [1.807, 2.05) is 13.8 Å². The molecule has 1 aliphatic carbocycles. The molecular formula is C13H24O2. The van der Waals surface area contributed by atoms with Crippen LogP contribution in [-0.2, 0) is 9.53 Å². The number of esters is 1. The first-order valence-electron chi connectivity index (χ1n) is 6.03. The molecule has 1 aliphatic rings. The summed E-state index contributed by atoms with van der Waals surface area (Å²) in [4.78, 5) is 11.0. The average molecular weight is 212 g/mol. The van der Waals surface area contributed by atoms with Crippen LogP contribution in [0.4, 0.5) is 0 Å². The molecule has 2 heteroatoms. The highest BCUT2D eigenvalue weighted by Gasteiger charge is 2.35. The van der Waals surface area contributed by atoms with Crippen molar-refractivity contribution < 1.29 is 9.53 Å². The Labute approximate surface area is 93.4 Å². The van der Waals surface area contributed by atoms with Crippen molar-refractivity contribution in [3.05, 3.63) is 0 Å². The molecule has 0 spiro atoms. The summed E-state index contributed by atoms with van der Waals surface area (Å²) < 4.78 is 5.37. The maximum absolute atomic E-state index is 11.0. The average Bonchev–Trinajstić information content (AvgIpc) is 1.99. The van der Waals surface area contributed by atoms with E-state index in [1.54, 1.807) is 0 Å². The molecule has 0 radical (unpaired) electrons. The standard InChI is InChI=1S/C13H24O2/c1-11(14)15-12(2,3)10-13(4)8-6-5-7-9-13/h5-10H2,1-4H3. The van der Waals surface area contributed by atoms with Crippen molar-refractivity contribution in [2.45, 2.75) is 71.8 Å². The van der Waals surface area contributed by atoms with Crippen LogP contribution >= 0.6 is 0 Å². The fourth-order valence-corrected chi connectivity index (χ4v) is 3.04. The fourth-order valence-electron chi connectivity index (χ4n) is 3.04. The van der Waals surface area contributed by atoms with Gasteiger partial charge in [-0.15, -0.1) is 0 Å². The van der Waals surface area contributed by atoms with Crippen molar-refractivity contribution in [3.8, 4) is 0 Å². The van der Waals surface area contributed by atoms with Gasteiger partial charge < -0.3 is 4.74 Å². The summed E-state index contributed by atoms with van der Waals surface area (Å²) in [6.45, 7) is 7.87. The van der Waals surface area contributed by atoms with Crippen molar-refractivity contribution in [2.75, 3.05) is 0 Å². The minimum Gasteiger partial charge on any atom is -0.460 e. The van der Waals surface area contributed by atoms with Gasteiger partial charge in [-0.1, -0.05) is 26.2 Å². The summed E-state index contributed by atoms with van der Waals surface area (Å²) in [5.74, 6) is -0.167. The molecular weight excluding hydrogens is 188 g/mol. The maximum atomic E-state index is 11.0. The third-order valence-electron chi connectivity index (χ3n) is 3.33. The summed E-state index contributed by atoms with van der Waals surface area (Å²) in [6, 6.07) is 0. The van der Waals surface area contributed by atoms with Crippen LogP contribution in [0, 0.1) is 5.41 Å². The van der Waals surface area contributed by atoms with Gasteiger partial charge in [-0.25, -0.2) is 0 Å². The summed E-state index contributed by atoms with van der Waals surface area (Å²) >= 11 is 0. The topological polar surface area (TPSA) is 26.3 Å². The third kappa shape index (κ3) is 4.23. The molecule has 0 aromatic carbocycles. The summed E-state index contributed by atoms with van der Waals surface area (Å²) in [5.41, 5.74) is 0.0646. The molecule has 88 valence electrons. The number of carbonyl (C=O) groups excluding carboxylic acids is 1. The van der Waals surface area contributed by atoms with Crippen LogP contribution in [0.2, 0.25) is 0 Å². The van der Waals surface area contributed by atoms with Gasteiger partial charge in [0, 0.05) is 6.92 Å². The van der Waals surface area contributed by atoms with Crippen molar-refractivity contribution in [3.63, 3.8) is 0 Å². The molecule has 0 bridgehead atoms. The van der Waals surface area contributed by atoms with E-state index in [9.17, 15) is 4.79 Å². The van der Waals surface area contributed by atoms with Crippen molar-refractivity contribution in [1.82, 2.24) is 0 Å². The molecule has 0 aromatic heterocycles. The molecule has 0 heterocycles. The Morgan fingerprint density at radius 3 is 2.27 bits per heavy atom. The second-order valence-corrected chi connectivity index (χ2v) is 5.90. The molecule has 0 atom stereocenters. The van der Waals surface area contributed by atoms with E-state index >= 15 is 0 Å². The smallest absolute Gasteiger partial charge is 0.303 e. The number of hydrogen-bond acceptors (Lipinski definition) is 2.